The Hall–Kier alpha value is -0.900. The molecule has 0 amide bonds. The molecule has 0 aromatic carbocycles. The predicted molar refractivity (Wildman–Crippen MR) is 50.4 cm³/mol. The van der Waals surface area contributed by atoms with E-state index in [1.807, 2.05) is 0 Å². The number of rotatable bonds is 6. The van der Waals surface area contributed by atoms with Crippen molar-refractivity contribution in [1.29, 1.82) is 0 Å². The first-order valence-corrected chi connectivity index (χ1v) is 4.87. The fourth-order valence-electron chi connectivity index (χ4n) is 1.19. The molecule has 4 heteroatoms. The Morgan fingerprint density at radius 1 is 1.31 bits per heavy atom. The molecule has 1 rings (SSSR count). The SMILES string of the molecule is CCCc1nc(CCCCO)n[nH]1. The van der Waals surface area contributed by atoms with Gasteiger partial charge in [-0.2, -0.15) is 5.10 Å². The van der Waals surface area contributed by atoms with Gasteiger partial charge in [-0.25, -0.2) is 4.98 Å². The number of aryl methyl sites for hydroxylation is 2. The zero-order valence-corrected chi connectivity index (χ0v) is 8.08. The molecule has 0 radical (unpaired) electrons. The number of nitrogens with one attached hydrogen (secondary N) is 1. The molecule has 0 fully saturated rings. The molecule has 0 unspecified atom stereocenters. The first kappa shape index (κ1) is 10.2. The van der Waals surface area contributed by atoms with Crippen LogP contribution in [0.25, 0.3) is 0 Å². The maximum atomic E-state index is 8.59. The highest BCUT2D eigenvalue weighted by molar-refractivity contribution is 4.90. The van der Waals surface area contributed by atoms with E-state index in [-0.39, 0.29) is 6.61 Å². The summed E-state index contributed by atoms with van der Waals surface area (Å²) in [5.74, 6) is 1.85. The Morgan fingerprint density at radius 3 is 2.85 bits per heavy atom. The number of aromatic nitrogens is 3. The first-order chi connectivity index (χ1) is 6.36. The zero-order valence-electron chi connectivity index (χ0n) is 8.08. The van der Waals surface area contributed by atoms with Gasteiger partial charge in [-0.15, -0.1) is 0 Å². The standard InChI is InChI=1S/C9H17N3O/c1-2-5-8-10-9(12-11-8)6-3-4-7-13/h13H,2-7H2,1H3,(H,10,11,12). The van der Waals surface area contributed by atoms with Gasteiger partial charge in [0.1, 0.15) is 5.82 Å². The van der Waals surface area contributed by atoms with Gasteiger partial charge in [0.05, 0.1) is 0 Å². The molecule has 0 aliphatic heterocycles. The van der Waals surface area contributed by atoms with E-state index in [9.17, 15) is 0 Å². The average Bonchev–Trinajstić information content (AvgIpc) is 2.54. The maximum absolute atomic E-state index is 8.59. The van der Waals surface area contributed by atoms with Crippen molar-refractivity contribution < 1.29 is 5.11 Å². The summed E-state index contributed by atoms with van der Waals surface area (Å²) in [6.07, 6.45) is 4.70. The van der Waals surface area contributed by atoms with E-state index in [0.29, 0.717) is 0 Å². The number of aromatic amines is 1. The quantitative estimate of drug-likeness (QED) is 0.648. The summed E-state index contributed by atoms with van der Waals surface area (Å²) in [7, 11) is 0. The first-order valence-electron chi connectivity index (χ1n) is 4.87. The van der Waals surface area contributed by atoms with Gasteiger partial charge < -0.3 is 5.11 Å². The van der Waals surface area contributed by atoms with Crippen molar-refractivity contribution >= 4 is 0 Å². The molecule has 0 spiro atoms. The number of aliphatic hydroxyl groups is 1. The van der Waals surface area contributed by atoms with Crippen LogP contribution in [0.3, 0.4) is 0 Å². The largest absolute Gasteiger partial charge is 0.396 e. The minimum absolute atomic E-state index is 0.256. The van der Waals surface area contributed by atoms with Gasteiger partial charge in [0.25, 0.3) is 0 Å². The van der Waals surface area contributed by atoms with Gasteiger partial charge >= 0.3 is 0 Å². The molecule has 1 heterocycles. The lowest BCUT2D eigenvalue weighted by Crippen LogP contribution is -1.91. The fraction of sp³-hybridized carbons (Fsp3) is 0.778. The van der Waals surface area contributed by atoms with Crippen molar-refractivity contribution in [2.75, 3.05) is 6.61 Å². The van der Waals surface area contributed by atoms with Gasteiger partial charge in [0.2, 0.25) is 0 Å². The second-order valence-electron chi connectivity index (χ2n) is 3.13. The third-order valence-corrected chi connectivity index (χ3v) is 1.87. The molecule has 0 aliphatic carbocycles. The molecule has 2 N–H and O–H groups in total. The smallest absolute Gasteiger partial charge is 0.150 e. The lowest BCUT2D eigenvalue weighted by Gasteiger charge is -1.92. The number of unbranched alkanes of at least 4 members (excludes halogenated alkanes) is 1. The molecular weight excluding hydrogens is 166 g/mol. The van der Waals surface area contributed by atoms with Crippen molar-refractivity contribution in [2.45, 2.75) is 39.0 Å². The summed E-state index contributed by atoms with van der Waals surface area (Å²) in [5, 5.41) is 15.6. The summed E-state index contributed by atoms with van der Waals surface area (Å²) in [5.41, 5.74) is 0. The average molecular weight is 183 g/mol. The van der Waals surface area contributed by atoms with E-state index in [2.05, 4.69) is 22.1 Å². The van der Waals surface area contributed by atoms with Crippen LogP contribution in [-0.4, -0.2) is 26.9 Å². The fourth-order valence-corrected chi connectivity index (χ4v) is 1.19. The Bertz CT molecular complexity index is 235. The van der Waals surface area contributed by atoms with Gasteiger partial charge in [-0.1, -0.05) is 6.92 Å². The van der Waals surface area contributed by atoms with Gasteiger partial charge in [0, 0.05) is 19.4 Å². The van der Waals surface area contributed by atoms with E-state index in [4.69, 9.17) is 5.11 Å². The second kappa shape index (κ2) is 5.70. The van der Waals surface area contributed by atoms with Crippen LogP contribution >= 0.6 is 0 Å². The summed E-state index contributed by atoms with van der Waals surface area (Å²) in [6, 6.07) is 0. The van der Waals surface area contributed by atoms with Crippen molar-refractivity contribution in [1.82, 2.24) is 15.2 Å². The number of hydrogen-bond acceptors (Lipinski definition) is 3. The van der Waals surface area contributed by atoms with Crippen LogP contribution in [0, 0.1) is 0 Å². The van der Waals surface area contributed by atoms with Crippen molar-refractivity contribution in [3.05, 3.63) is 11.6 Å². The second-order valence-corrected chi connectivity index (χ2v) is 3.13. The van der Waals surface area contributed by atoms with Crippen LogP contribution in [0.15, 0.2) is 0 Å². The zero-order chi connectivity index (χ0) is 9.52. The number of aliphatic hydroxyl groups excluding tert-OH is 1. The van der Waals surface area contributed by atoms with Crippen LogP contribution in [0.4, 0.5) is 0 Å². The van der Waals surface area contributed by atoms with E-state index < -0.39 is 0 Å². The Balaban J connectivity index is 2.31. The highest BCUT2D eigenvalue weighted by atomic mass is 16.2. The maximum Gasteiger partial charge on any atom is 0.150 e. The third kappa shape index (κ3) is 3.55. The minimum Gasteiger partial charge on any atom is -0.396 e. The van der Waals surface area contributed by atoms with E-state index in [0.717, 1.165) is 43.8 Å². The molecule has 0 aliphatic rings. The molecule has 13 heavy (non-hydrogen) atoms. The topological polar surface area (TPSA) is 61.8 Å². The monoisotopic (exact) mass is 183 g/mol. The lowest BCUT2D eigenvalue weighted by atomic mass is 10.2. The Morgan fingerprint density at radius 2 is 2.15 bits per heavy atom. The van der Waals surface area contributed by atoms with Gasteiger partial charge in [0.15, 0.2) is 5.82 Å². The van der Waals surface area contributed by atoms with Crippen molar-refractivity contribution in [3.8, 4) is 0 Å². The van der Waals surface area contributed by atoms with Gasteiger partial charge in [-0.05, 0) is 19.3 Å². The number of hydrogen-bond donors (Lipinski definition) is 2. The summed E-state index contributed by atoms with van der Waals surface area (Å²) >= 11 is 0. The highest BCUT2D eigenvalue weighted by Gasteiger charge is 2.01. The van der Waals surface area contributed by atoms with E-state index in [1.165, 1.54) is 0 Å². The molecule has 4 nitrogen and oxygen atoms in total. The Labute approximate surface area is 78.4 Å². The molecule has 0 bridgehead atoms. The molecule has 0 atom stereocenters. The molecule has 1 aromatic heterocycles. The number of nitrogens with zero attached hydrogens (tertiary/aromatic N) is 2. The minimum atomic E-state index is 0.256. The van der Waals surface area contributed by atoms with Crippen LogP contribution in [0.1, 0.15) is 37.8 Å². The molecular formula is C9H17N3O. The normalized spacial score (nSPS) is 10.6. The Kier molecular flexibility index (Phi) is 4.46. The van der Waals surface area contributed by atoms with Crippen LogP contribution in [0.2, 0.25) is 0 Å². The molecule has 0 saturated carbocycles. The van der Waals surface area contributed by atoms with Crippen LogP contribution in [0.5, 0.6) is 0 Å². The van der Waals surface area contributed by atoms with Gasteiger partial charge in [-0.3, -0.25) is 5.10 Å². The highest BCUT2D eigenvalue weighted by Crippen LogP contribution is 2.00. The van der Waals surface area contributed by atoms with Crippen LogP contribution in [-0.2, 0) is 12.8 Å². The predicted octanol–water partition coefficient (Wildman–Crippen LogP) is 1.07. The summed E-state index contributed by atoms with van der Waals surface area (Å²) < 4.78 is 0. The third-order valence-electron chi connectivity index (χ3n) is 1.87. The molecule has 74 valence electrons. The van der Waals surface area contributed by atoms with E-state index >= 15 is 0 Å². The van der Waals surface area contributed by atoms with Crippen LogP contribution < -0.4 is 0 Å². The summed E-state index contributed by atoms with van der Waals surface area (Å²) in [6.45, 7) is 2.38. The summed E-state index contributed by atoms with van der Waals surface area (Å²) in [4.78, 5) is 4.32. The van der Waals surface area contributed by atoms with Crippen molar-refractivity contribution in [2.24, 2.45) is 0 Å². The molecule has 0 saturated heterocycles. The number of H-pyrrole nitrogens is 1. The lowest BCUT2D eigenvalue weighted by molar-refractivity contribution is 0.284. The molecule has 1 aromatic rings. The van der Waals surface area contributed by atoms with Crippen molar-refractivity contribution in [3.63, 3.8) is 0 Å². The van der Waals surface area contributed by atoms with E-state index in [1.54, 1.807) is 0 Å².